The van der Waals surface area contributed by atoms with Crippen LogP contribution in [-0.4, -0.2) is 21.8 Å². The Labute approximate surface area is 177 Å². The number of halogens is 2. The summed E-state index contributed by atoms with van der Waals surface area (Å²) in [5.74, 6) is -3.89. The highest BCUT2D eigenvalue weighted by Crippen LogP contribution is 2.42. The summed E-state index contributed by atoms with van der Waals surface area (Å²) in [6, 6.07) is 14.3. The average molecular weight is 420 g/mol. The van der Waals surface area contributed by atoms with Crippen LogP contribution < -0.4 is 4.90 Å². The Kier molecular flexibility index (Phi) is 5.58. The fourth-order valence-corrected chi connectivity index (χ4v) is 3.71. The number of hydrogen-bond acceptors (Lipinski definition) is 4. The Morgan fingerprint density at radius 1 is 1.06 bits per heavy atom. The molecule has 7 heteroatoms. The minimum atomic E-state index is -1.08. The number of amides is 1. The molecule has 2 heterocycles. The normalized spacial score (nSPS) is 16.1. The second-order valence-corrected chi connectivity index (χ2v) is 7.13. The van der Waals surface area contributed by atoms with Gasteiger partial charge in [0.2, 0.25) is 0 Å². The standard InChI is InChI=1S/C24H18F2N2O3/c25-17-9-10-19(18(26)13-17)28-22(16-7-4-12-27-14-16)21(23(30)24(28)31)20(29)11-8-15-5-2-1-3-6-15/h1-7,9-10,12-14,22,30H,8,11H2. The molecule has 0 saturated carbocycles. The highest BCUT2D eigenvalue weighted by atomic mass is 19.1. The summed E-state index contributed by atoms with van der Waals surface area (Å²) in [6.45, 7) is 0. The Bertz CT molecular complexity index is 1160. The van der Waals surface area contributed by atoms with Gasteiger partial charge in [0.15, 0.2) is 11.5 Å². The number of benzene rings is 2. The van der Waals surface area contributed by atoms with E-state index in [9.17, 15) is 23.5 Å². The van der Waals surface area contributed by atoms with Crippen LogP contribution in [0.1, 0.15) is 23.6 Å². The van der Waals surface area contributed by atoms with Crippen molar-refractivity contribution in [3.8, 4) is 0 Å². The third-order valence-corrected chi connectivity index (χ3v) is 5.16. The van der Waals surface area contributed by atoms with Gasteiger partial charge in [-0.2, -0.15) is 0 Å². The molecular weight excluding hydrogens is 402 g/mol. The van der Waals surface area contributed by atoms with E-state index in [0.717, 1.165) is 22.6 Å². The van der Waals surface area contributed by atoms with Gasteiger partial charge in [-0.3, -0.25) is 19.5 Å². The minimum absolute atomic E-state index is 0.0488. The van der Waals surface area contributed by atoms with Gasteiger partial charge in [0, 0.05) is 24.9 Å². The lowest BCUT2D eigenvalue weighted by atomic mass is 9.94. The lowest BCUT2D eigenvalue weighted by molar-refractivity contribution is -0.118. The number of aliphatic hydroxyl groups is 1. The number of carbonyl (C=O) groups is 2. The average Bonchev–Trinajstić information content (AvgIpc) is 3.04. The van der Waals surface area contributed by atoms with Crippen molar-refractivity contribution in [1.82, 2.24) is 4.98 Å². The number of aryl methyl sites for hydroxylation is 1. The number of carbonyl (C=O) groups excluding carboxylic acids is 2. The number of rotatable bonds is 6. The van der Waals surface area contributed by atoms with Crippen molar-refractivity contribution >= 4 is 17.4 Å². The van der Waals surface area contributed by atoms with E-state index in [4.69, 9.17) is 0 Å². The maximum atomic E-state index is 14.6. The first kappa shape index (κ1) is 20.4. The second-order valence-electron chi connectivity index (χ2n) is 7.13. The number of hydrogen-bond donors (Lipinski definition) is 1. The maximum absolute atomic E-state index is 14.6. The molecule has 0 spiro atoms. The first-order chi connectivity index (χ1) is 15.0. The fraction of sp³-hybridized carbons (Fsp3) is 0.125. The van der Waals surface area contributed by atoms with Crippen molar-refractivity contribution in [2.75, 3.05) is 4.90 Å². The Hall–Kier alpha value is -3.87. The summed E-state index contributed by atoms with van der Waals surface area (Å²) in [4.78, 5) is 31.0. The molecule has 3 aromatic rings. The molecule has 5 nitrogen and oxygen atoms in total. The van der Waals surface area contributed by atoms with Gasteiger partial charge < -0.3 is 5.11 Å². The second kappa shape index (κ2) is 8.47. The highest BCUT2D eigenvalue weighted by molar-refractivity contribution is 6.16. The molecule has 31 heavy (non-hydrogen) atoms. The van der Waals surface area contributed by atoms with Crippen molar-refractivity contribution in [2.45, 2.75) is 18.9 Å². The molecule has 0 radical (unpaired) electrons. The Morgan fingerprint density at radius 3 is 2.52 bits per heavy atom. The van der Waals surface area contributed by atoms with E-state index in [1.165, 1.54) is 12.4 Å². The molecule has 2 aromatic carbocycles. The number of aromatic nitrogens is 1. The highest BCUT2D eigenvalue weighted by Gasteiger charge is 2.45. The quantitative estimate of drug-likeness (QED) is 0.639. The molecule has 1 aliphatic heterocycles. The van der Waals surface area contributed by atoms with E-state index in [1.54, 1.807) is 12.1 Å². The lowest BCUT2D eigenvalue weighted by Crippen LogP contribution is -2.32. The number of ketones is 1. The zero-order valence-electron chi connectivity index (χ0n) is 16.3. The van der Waals surface area contributed by atoms with Crippen LogP contribution >= 0.6 is 0 Å². The van der Waals surface area contributed by atoms with Crippen LogP contribution in [0.15, 0.2) is 84.4 Å². The van der Waals surface area contributed by atoms with Crippen LogP contribution in [-0.2, 0) is 16.0 Å². The number of pyridine rings is 1. The molecular formula is C24H18F2N2O3. The third kappa shape index (κ3) is 3.94. The predicted molar refractivity (Wildman–Crippen MR) is 110 cm³/mol. The fourth-order valence-electron chi connectivity index (χ4n) is 3.71. The largest absolute Gasteiger partial charge is 0.503 e. The van der Waals surface area contributed by atoms with Crippen LogP contribution in [0.4, 0.5) is 14.5 Å². The molecule has 0 aliphatic carbocycles. The van der Waals surface area contributed by atoms with Gasteiger partial charge in [-0.25, -0.2) is 8.78 Å². The molecule has 1 aliphatic rings. The molecule has 156 valence electrons. The van der Waals surface area contributed by atoms with Gasteiger partial charge in [-0.15, -0.1) is 0 Å². The summed E-state index contributed by atoms with van der Waals surface area (Å²) in [5.41, 5.74) is 0.988. The zero-order chi connectivity index (χ0) is 22.0. The van der Waals surface area contributed by atoms with E-state index in [1.807, 2.05) is 30.3 Å². The maximum Gasteiger partial charge on any atom is 0.294 e. The smallest absolute Gasteiger partial charge is 0.294 e. The predicted octanol–water partition coefficient (Wildman–Crippen LogP) is 4.46. The monoisotopic (exact) mass is 420 g/mol. The van der Waals surface area contributed by atoms with E-state index in [-0.39, 0.29) is 17.7 Å². The van der Waals surface area contributed by atoms with Crippen molar-refractivity contribution in [2.24, 2.45) is 0 Å². The van der Waals surface area contributed by atoms with Gasteiger partial charge in [0.1, 0.15) is 11.6 Å². The van der Waals surface area contributed by atoms with Crippen LogP contribution in [0, 0.1) is 11.6 Å². The summed E-state index contributed by atoms with van der Waals surface area (Å²) in [5, 5.41) is 10.6. The molecule has 0 fully saturated rings. The van der Waals surface area contributed by atoms with Crippen LogP contribution in [0.5, 0.6) is 0 Å². The number of nitrogens with zero attached hydrogens (tertiary/aromatic N) is 2. The van der Waals surface area contributed by atoms with E-state index in [2.05, 4.69) is 4.98 Å². The molecule has 1 aromatic heterocycles. The van der Waals surface area contributed by atoms with Gasteiger partial charge in [0.25, 0.3) is 5.91 Å². The molecule has 4 rings (SSSR count). The van der Waals surface area contributed by atoms with Crippen molar-refractivity contribution in [3.63, 3.8) is 0 Å². The Balaban J connectivity index is 1.74. The zero-order valence-corrected chi connectivity index (χ0v) is 16.3. The van der Waals surface area contributed by atoms with Crippen LogP contribution in [0.3, 0.4) is 0 Å². The molecule has 0 saturated heterocycles. The third-order valence-electron chi connectivity index (χ3n) is 5.16. The number of aliphatic hydroxyl groups excluding tert-OH is 1. The molecule has 1 N–H and O–H groups in total. The summed E-state index contributed by atoms with van der Waals surface area (Å²) in [7, 11) is 0. The molecule has 1 unspecified atom stereocenters. The van der Waals surface area contributed by atoms with E-state index >= 15 is 0 Å². The molecule has 1 amide bonds. The summed E-state index contributed by atoms with van der Waals surface area (Å²) < 4.78 is 28.0. The molecule has 0 bridgehead atoms. The summed E-state index contributed by atoms with van der Waals surface area (Å²) in [6.07, 6.45) is 3.42. The number of anilines is 1. The Morgan fingerprint density at radius 2 is 1.84 bits per heavy atom. The SMILES string of the molecule is O=C(CCc1ccccc1)C1=C(O)C(=O)N(c2ccc(F)cc2F)C1c1cccnc1. The summed E-state index contributed by atoms with van der Waals surface area (Å²) >= 11 is 0. The van der Waals surface area contributed by atoms with Crippen molar-refractivity contribution in [1.29, 1.82) is 0 Å². The topological polar surface area (TPSA) is 70.5 Å². The van der Waals surface area contributed by atoms with Gasteiger partial charge >= 0.3 is 0 Å². The number of Topliss-reactive ketones (excluding diaryl/α,β-unsaturated/α-hetero) is 1. The minimum Gasteiger partial charge on any atom is -0.503 e. The lowest BCUT2D eigenvalue weighted by Gasteiger charge is -2.27. The molecule has 1 atom stereocenters. The van der Waals surface area contributed by atoms with Gasteiger partial charge in [-0.1, -0.05) is 36.4 Å². The van der Waals surface area contributed by atoms with Crippen LogP contribution in [0.2, 0.25) is 0 Å². The first-order valence-electron chi connectivity index (χ1n) is 9.66. The van der Waals surface area contributed by atoms with Crippen LogP contribution in [0.25, 0.3) is 0 Å². The van der Waals surface area contributed by atoms with E-state index < -0.39 is 35.1 Å². The van der Waals surface area contributed by atoms with Crippen molar-refractivity contribution < 1.29 is 23.5 Å². The van der Waals surface area contributed by atoms with Gasteiger partial charge in [0.05, 0.1) is 17.3 Å². The van der Waals surface area contributed by atoms with Crippen molar-refractivity contribution in [3.05, 3.63) is 107 Å². The van der Waals surface area contributed by atoms with E-state index in [0.29, 0.717) is 18.1 Å². The first-order valence-corrected chi connectivity index (χ1v) is 9.66. The van der Waals surface area contributed by atoms with Gasteiger partial charge in [-0.05, 0) is 35.7 Å².